The van der Waals surface area contributed by atoms with E-state index in [4.69, 9.17) is 9.47 Å². The average Bonchev–Trinajstić information content (AvgIpc) is 2.55. The molecule has 0 radical (unpaired) electrons. The van der Waals surface area contributed by atoms with E-state index in [0.717, 1.165) is 5.69 Å². The average molecular weight is 171 g/mol. The van der Waals surface area contributed by atoms with Crippen LogP contribution in [-0.4, -0.2) is 18.2 Å². The summed E-state index contributed by atoms with van der Waals surface area (Å²) in [5.74, 6) is -0.583. The van der Waals surface area contributed by atoms with Gasteiger partial charge in [-0.1, -0.05) is 0 Å². The van der Waals surface area contributed by atoms with E-state index in [1.807, 2.05) is 12.3 Å². The lowest BCUT2D eigenvalue weighted by molar-refractivity contribution is -0.152. The summed E-state index contributed by atoms with van der Waals surface area (Å²) >= 11 is 1.55. The van der Waals surface area contributed by atoms with Gasteiger partial charge in [-0.3, -0.25) is 0 Å². The molecule has 60 valence electrons. The Morgan fingerprint density at radius 3 is 2.82 bits per heavy atom. The number of hydrogen-bond acceptors (Lipinski definition) is 4. The Morgan fingerprint density at radius 1 is 1.55 bits per heavy atom. The molecule has 0 N–H and O–H groups in total. The van der Waals surface area contributed by atoms with Gasteiger partial charge in [0.05, 0.1) is 18.7 Å². The summed E-state index contributed by atoms with van der Waals surface area (Å²) in [6, 6.07) is 0. The number of ether oxygens (including phenoxy) is 2. The van der Waals surface area contributed by atoms with Gasteiger partial charge in [-0.25, -0.2) is 4.98 Å². The first-order chi connectivity index (χ1) is 5.31. The van der Waals surface area contributed by atoms with Crippen LogP contribution < -0.4 is 0 Å². The van der Waals surface area contributed by atoms with Crippen LogP contribution in [0.5, 0.6) is 0 Å². The summed E-state index contributed by atoms with van der Waals surface area (Å²) in [6.07, 6.45) is 0. The molecule has 0 saturated carbocycles. The van der Waals surface area contributed by atoms with Crippen molar-refractivity contribution in [1.82, 2.24) is 4.98 Å². The Hall–Kier alpha value is -0.450. The Balaban J connectivity index is 2.27. The van der Waals surface area contributed by atoms with E-state index in [9.17, 15) is 0 Å². The lowest BCUT2D eigenvalue weighted by Gasteiger charge is -2.18. The van der Waals surface area contributed by atoms with Gasteiger partial charge in [0.2, 0.25) is 5.79 Å². The third kappa shape index (κ3) is 1.17. The van der Waals surface area contributed by atoms with Crippen molar-refractivity contribution < 1.29 is 9.47 Å². The van der Waals surface area contributed by atoms with E-state index >= 15 is 0 Å². The minimum atomic E-state index is -0.583. The van der Waals surface area contributed by atoms with Gasteiger partial charge in [-0.05, 0) is 6.92 Å². The quantitative estimate of drug-likeness (QED) is 0.639. The maximum atomic E-state index is 5.41. The van der Waals surface area contributed by atoms with Crippen LogP contribution in [0.3, 0.4) is 0 Å². The highest BCUT2D eigenvalue weighted by atomic mass is 32.1. The molecule has 1 aromatic heterocycles. The topological polar surface area (TPSA) is 31.4 Å². The van der Waals surface area contributed by atoms with E-state index in [-0.39, 0.29) is 0 Å². The second-order valence-electron chi connectivity index (χ2n) is 2.52. The molecule has 4 heteroatoms. The lowest BCUT2D eigenvalue weighted by Crippen LogP contribution is -2.22. The van der Waals surface area contributed by atoms with Crippen LogP contribution in [0.4, 0.5) is 0 Å². The number of aromatic nitrogens is 1. The highest BCUT2D eigenvalue weighted by molar-refractivity contribution is 7.07. The van der Waals surface area contributed by atoms with Crippen molar-refractivity contribution in [1.29, 1.82) is 0 Å². The second kappa shape index (κ2) is 2.55. The smallest absolute Gasteiger partial charge is 0.210 e. The third-order valence-corrected chi connectivity index (χ3v) is 2.32. The van der Waals surface area contributed by atoms with Crippen LogP contribution in [0.2, 0.25) is 0 Å². The second-order valence-corrected chi connectivity index (χ2v) is 3.23. The molecule has 3 nitrogen and oxygen atoms in total. The van der Waals surface area contributed by atoms with E-state index in [1.165, 1.54) is 0 Å². The first-order valence-corrected chi connectivity index (χ1v) is 4.42. The van der Waals surface area contributed by atoms with Gasteiger partial charge in [0.1, 0.15) is 5.69 Å². The molecule has 0 aliphatic carbocycles. The standard InChI is InChI=1S/C7H9NO2S/c1-7(9-2-3-10-7)6-4-11-5-8-6/h4-5H,2-3H2,1H3. The van der Waals surface area contributed by atoms with Crippen molar-refractivity contribution in [3.8, 4) is 0 Å². The molecule has 0 unspecified atom stereocenters. The Morgan fingerprint density at radius 2 is 2.27 bits per heavy atom. The zero-order valence-corrected chi connectivity index (χ0v) is 7.06. The maximum Gasteiger partial charge on any atom is 0.210 e. The minimum absolute atomic E-state index is 0.583. The van der Waals surface area contributed by atoms with Gasteiger partial charge < -0.3 is 9.47 Å². The predicted molar refractivity (Wildman–Crippen MR) is 41.4 cm³/mol. The summed E-state index contributed by atoms with van der Waals surface area (Å²) in [4.78, 5) is 4.14. The lowest BCUT2D eigenvalue weighted by atomic mass is 10.2. The number of nitrogens with zero attached hydrogens (tertiary/aromatic N) is 1. The van der Waals surface area contributed by atoms with Crippen molar-refractivity contribution in [3.63, 3.8) is 0 Å². The molecule has 1 aliphatic heterocycles. The van der Waals surface area contributed by atoms with Crippen LogP contribution in [0.15, 0.2) is 10.9 Å². The van der Waals surface area contributed by atoms with E-state index in [1.54, 1.807) is 16.8 Å². The molecule has 0 aromatic carbocycles. The fourth-order valence-corrected chi connectivity index (χ4v) is 1.74. The molecule has 1 aromatic rings. The normalized spacial score (nSPS) is 22.3. The van der Waals surface area contributed by atoms with Crippen molar-refractivity contribution >= 4 is 11.3 Å². The van der Waals surface area contributed by atoms with Crippen molar-refractivity contribution in [3.05, 3.63) is 16.6 Å². The molecular formula is C7H9NO2S. The van der Waals surface area contributed by atoms with Crippen molar-refractivity contribution in [2.75, 3.05) is 13.2 Å². The van der Waals surface area contributed by atoms with Crippen LogP contribution >= 0.6 is 11.3 Å². The molecule has 1 saturated heterocycles. The van der Waals surface area contributed by atoms with Gasteiger partial charge in [0.15, 0.2) is 0 Å². The van der Waals surface area contributed by atoms with Gasteiger partial charge >= 0.3 is 0 Å². The molecule has 0 spiro atoms. The van der Waals surface area contributed by atoms with Gasteiger partial charge in [0, 0.05) is 5.38 Å². The monoisotopic (exact) mass is 171 g/mol. The number of rotatable bonds is 1. The molecule has 11 heavy (non-hydrogen) atoms. The van der Waals surface area contributed by atoms with Crippen LogP contribution in [0, 0.1) is 0 Å². The highest BCUT2D eigenvalue weighted by Gasteiger charge is 2.34. The molecule has 0 amide bonds. The summed E-state index contributed by atoms with van der Waals surface area (Å²) in [6.45, 7) is 3.22. The van der Waals surface area contributed by atoms with Gasteiger partial charge in [-0.2, -0.15) is 0 Å². The van der Waals surface area contributed by atoms with Gasteiger partial charge in [-0.15, -0.1) is 11.3 Å². The summed E-state index contributed by atoms with van der Waals surface area (Å²) in [7, 11) is 0. The molecule has 2 heterocycles. The Bertz CT molecular complexity index is 229. The summed E-state index contributed by atoms with van der Waals surface area (Å²) < 4.78 is 10.8. The van der Waals surface area contributed by atoms with Crippen molar-refractivity contribution in [2.45, 2.75) is 12.7 Å². The summed E-state index contributed by atoms with van der Waals surface area (Å²) in [5, 5.41) is 1.95. The predicted octanol–water partition coefficient (Wildman–Crippen LogP) is 1.36. The number of hydrogen-bond donors (Lipinski definition) is 0. The molecule has 2 rings (SSSR count). The SMILES string of the molecule is CC1(c2cscn2)OCCO1. The molecule has 1 aliphatic rings. The third-order valence-electron chi connectivity index (χ3n) is 1.74. The van der Waals surface area contributed by atoms with Crippen molar-refractivity contribution in [2.24, 2.45) is 0 Å². The van der Waals surface area contributed by atoms with E-state index in [2.05, 4.69) is 4.98 Å². The van der Waals surface area contributed by atoms with Gasteiger partial charge in [0.25, 0.3) is 0 Å². The molecule has 0 atom stereocenters. The van der Waals surface area contributed by atoms with Crippen LogP contribution in [0.1, 0.15) is 12.6 Å². The fraction of sp³-hybridized carbons (Fsp3) is 0.571. The molecular weight excluding hydrogens is 162 g/mol. The zero-order valence-electron chi connectivity index (χ0n) is 6.24. The highest BCUT2D eigenvalue weighted by Crippen LogP contribution is 2.29. The minimum Gasteiger partial charge on any atom is -0.342 e. The van der Waals surface area contributed by atoms with E-state index in [0.29, 0.717) is 13.2 Å². The van der Waals surface area contributed by atoms with E-state index < -0.39 is 5.79 Å². The first kappa shape index (κ1) is 7.21. The fourth-order valence-electron chi connectivity index (χ4n) is 1.10. The molecule has 1 fully saturated rings. The maximum absolute atomic E-state index is 5.41. The largest absolute Gasteiger partial charge is 0.342 e. The Labute approximate surface area is 69.0 Å². The van der Waals surface area contributed by atoms with Crippen LogP contribution in [-0.2, 0) is 15.3 Å². The zero-order chi connectivity index (χ0) is 7.73. The Kier molecular flexibility index (Phi) is 1.67. The molecule has 0 bridgehead atoms. The summed E-state index contributed by atoms with van der Waals surface area (Å²) in [5.41, 5.74) is 2.66. The first-order valence-electron chi connectivity index (χ1n) is 3.48. The number of thiazole rings is 1. The van der Waals surface area contributed by atoms with Crippen LogP contribution in [0.25, 0.3) is 0 Å².